The minimum Gasteiger partial charge on any atom is -0.374 e. The fourth-order valence-corrected chi connectivity index (χ4v) is 1.52. The maximum absolute atomic E-state index is 5.77. The Morgan fingerprint density at radius 3 is 2.67 bits per heavy atom. The lowest BCUT2D eigenvalue weighted by atomic mass is 9.93. The third kappa shape index (κ3) is 4.51. The van der Waals surface area contributed by atoms with Gasteiger partial charge in [0.25, 0.3) is 0 Å². The van der Waals surface area contributed by atoms with Crippen LogP contribution in [0.3, 0.4) is 0 Å². The normalized spacial score (nSPS) is 18.7. The monoisotopic (exact) mass is 213 g/mol. The van der Waals surface area contributed by atoms with E-state index in [2.05, 4.69) is 10.3 Å². The van der Waals surface area contributed by atoms with Crippen molar-refractivity contribution in [1.82, 2.24) is 5.32 Å². The fraction of sp³-hybridized carbons (Fsp3) is 0.909. The van der Waals surface area contributed by atoms with Crippen LogP contribution in [0.5, 0.6) is 0 Å². The van der Waals surface area contributed by atoms with E-state index in [0.717, 1.165) is 0 Å². The summed E-state index contributed by atoms with van der Waals surface area (Å²) in [6, 6.07) is 0.545. The number of nitrogens with one attached hydrogen (secondary N) is 1. The van der Waals surface area contributed by atoms with Gasteiger partial charge in [0.05, 0.1) is 12.1 Å². The molecule has 0 bridgehead atoms. The lowest BCUT2D eigenvalue weighted by Gasteiger charge is -2.27. The lowest BCUT2D eigenvalue weighted by Crippen LogP contribution is -2.44. The molecule has 0 heterocycles. The van der Waals surface area contributed by atoms with Crippen LogP contribution in [-0.4, -0.2) is 30.8 Å². The molecule has 0 spiro atoms. The van der Waals surface area contributed by atoms with Gasteiger partial charge in [-0.1, -0.05) is 0 Å². The van der Waals surface area contributed by atoms with Crippen LogP contribution in [-0.2, 0) is 4.74 Å². The summed E-state index contributed by atoms with van der Waals surface area (Å²) in [7, 11) is 0. The Labute approximate surface area is 92.3 Å². The van der Waals surface area contributed by atoms with E-state index in [4.69, 9.17) is 10.5 Å². The van der Waals surface area contributed by atoms with Gasteiger partial charge in [-0.2, -0.15) is 0 Å². The predicted octanol–water partition coefficient (Wildman–Crippen LogP) is 1.26. The summed E-state index contributed by atoms with van der Waals surface area (Å²) in [6.07, 6.45) is 3.73. The first-order valence-corrected chi connectivity index (χ1v) is 5.74. The summed E-state index contributed by atoms with van der Waals surface area (Å²) >= 11 is 0. The highest BCUT2D eigenvalue weighted by molar-refractivity contribution is 5.78. The van der Waals surface area contributed by atoms with Gasteiger partial charge in [-0.25, -0.2) is 0 Å². The molecule has 4 heteroatoms. The third-order valence-corrected chi connectivity index (χ3v) is 2.62. The Kier molecular flexibility index (Phi) is 4.39. The van der Waals surface area contributed by atoms with Crippen molar-refractivity contribution >= 4 is 5.96 Å². The molecule has 0 atom stereocenters. The summed E-state index contributed by atoms with van der Waals surface area (Å²) in [5.74, 6) is 0.549. The number of hydrogen-bond donors (Lipinski definition) is 2. The predicted molar refractivity (Wildman–Crippen MR) is 63.0 cm³/mol. The number of hydrogen-bond acceptors (Lipinski definition) is 2. The van der Waals surface area contributed by atoms with Crippen molar-refractivity contribution in [3.05, 3.63) is 0 Å². The van der Waals surface area contributed by atoms with E-state index in [1.54, 1.807) is 0 Å². The number of guanidine groups is 1. The fourth-order valence-electron chi connectivity index (χ4n) is 1.52. The Hall–Kier alpha value is -0.770. The van der Waals surface area contributed by atoms with Crippen LogP contribution in [0, 0.1) is 0 Å². The summed E-state index contributed by atoms with van der Waals surface area (Å²) in [4.78, 5) is 4.29. The van der Waals surface area contributed by atoms with Crippen LogP contribution in [0.1, 0.15) is 40.0 Å². The molecule has 4 nitrogen and oxygen atoms in total. The van der Waals surface area contributed by atoms with E-state index in [0.29, 0.717) is 25.2 Å². The van der Waals surface area contributed by atoms with Gasteiger partial charge in [-0.3, -0.25) is 4.99 Å². The van der Waals surface area contributed by atoms with Crippen LogP contribution in [0.15, 0.2) is 4.99 Å². The van der Waals surface area contributed by atoms with Crippen molar-refractivity contribution in [2.24, 2.45) is 10.7 Å². The van der Waals surface area contributed by atoms with Crippen LogP contribution in [0.25, 0.3) is 0 Å². The molecule has 0 unspecified atom stereocenters. The molecule has 0 amide bonds. The van der Waals surface area contributed by atoms with E-state index in [-0.39, 0.29) is 5.60 Å². The van der Waals surface area contributed by atoms with Crippen molar-refractivity contribution in [2.45, 2.75) is 51.7 Å². The molecule has 0 radical (unpaired) electrons. The van der Waals surface area contributed by atoms with E-state index < -0.39 is 0 Å². The molecular formula is C11H23N3O. The lowest BCUT2D eigenvalue weighted by molar-refractivity contribution is -0.00217. The second kappa shape index (κ2) is 5.35. The van der Waals surface area contributed by atoms with E-state index in [1.165, 1.54) is 19.3 Å². The molecule has 15 heavy (non-hydrogen) atoms. The van der Waals surface area contributed by atoms with Crippen molar-refractivity contribution in [3.63, 3.8) is 0 Å². The highest BCUT2D eigenvalue weighted by Gasteiger charge is 2.19. The van der Waals surface area contributed by atoms with Gasteiger partial charge >= 0.3 is 0 Å². The first-order valence-electron chi connectivity index (χ1n) is 5.74. The second-order valence-corrected chi connectivity index (χ2v) is 4.67. The van der Waals surface area contributed by atoms with Crippen molar-refractivity contribution in [1.29, 1.82) is 0 Å². The number of nitrogens with two attached hydrogens (primary N) is 1. The largest absolute Gasteiger partial charge is 0.374 e. The SMILES string of the molecule is CCOC(C)(C)CN=C(N)NC1CCC1. The molecule has 88 valence electrons. The van der Waals surface area contributed by atoms with Gasteiger partial charge in [0, 0.05) is 12.6 Å². The molecule has 3 N–H and O–H groups in total. The quantitative estimate of drug-likeness (QED) is 0.534. The Bertz CT molecular complexity index is 222. The molecule has 1 saturated carbocycles. The summed E-state index contributed by atoms with van der Waals surface area (Å²) in [6.45, 7) is 7.35. The molecule has 0 aliphatic heterocycles. The van der Waals surface area contributed by atoms with Crippen molar-refractivity contribution in [2.75, 3.05) is 13.2 Å². The third-order valence-electron chi connectivity index (χ3n) is 2.62. The topological polar surface area (TPSA) is 59.6 Å². The zero-order valence-electron chi connectivity index (χ0n) is 10.0. The molecule has 1 aliphatic rings. The number of aliphatic imine (C=N–C) groups is 1. The number of rotatable bonds is 5. The molecule has 0 aromatic rings. The van der Waals surface area contributed by atoms with Crippen LogP contribution in [0.4, 0.5) is 0 Å². The van der Waals surface area contributed by atoms with Crippen molar-refractivity contribution < 1.29 is 4.74 Å². The van der Waals surface area contributed by atoms with Gasteiger partial charge in [0.15, 0.2) is 5.96 Å². The molecule has 0 aromatic carbocycles. The minimum absolute atomic E-state index is 0.222. The van der Waals surface area contributed by atoms with Crippen LogP contribution < -0.4 is 11.1 Å². The first kappa shape index (κ1) is 12.3. The molecule has 1 fully saturated rings. The molecule has 1 aliphatic carbocycles. The maximum Gasteiger partial charge on any atom is 0.188 e. The van der Waals surface area contributed by atoms with Gasteiger partial charge < -0.3 is 15.8 Å². The first-order chi connectivity index (χ1) is 7.03. The average Bonchev–Trinajstić information content (AvgIpc) is 2.08. The maximum atomic E-state index is 5.77. The van der Waals surface area contributed by atoms with Crippen LogP contribution >= 0.6 is 0 Å². The van der Waals surface area contributed by atoms with E-state index in [1.807, 2.05) is 20.8 Å². The van der Waals surface area contributed by atoms with Gasteiger partial charge in [0.1, 0.15) is 0 Å². The molecule has 1 rings (SSSR count). The smallest absolute Gasteiger partial charge is 0.188 e. The Morgan fingerprint density at radius 1 is 1.53 bits per heavy atom. The average molecular weight is 213 g/mol. The van der Waals surface area contributed by atoms with Gasteiger partial charge in [-0.15, -0.1) is 0 Å². The number of ether oxygens (including phenoxy) is 1. The van der Waals surface area contributed by atoms with E-state index >= 15 is 0 Å². The summed E-state index contributed by atoms with van der Waals surface area (Å²) in [5.41, 5.74) is 5.55. The second-order valence-electron chi connectivity index (χ2n) is 4.67. The Balaban J connectivity index is 2.28. The Morgan fingerprint density at radius 2 is 2.20 bits per heavy atom. The minimum atomic E-state index is -0.222. The summed E-state index contributed by atoms with van der Waals surface area (Å²) in [5, 5.41) is 3.20. The van der Waals surface area contributed by atoms with Crippen molar-refractivity contribution in [3.8, 4) is 0 Å². The standard InChI is InChI=1S/C11H23N3O/c1-4-15-11(2,3)8-13-10(12)14-9-6-5-7-9/h9H,4-8H2,1-3H3,(H3,12,13,14). The zero-order chi connectivity index (χ0) is 11.3. The summed E-state index contributed by atoms with van der Waals surface area (Å²) < 4.78 is 5.53. The highest BCUT2D eigenvalue weighted by Crippen LogP contribution is 2.17. The number of nitrogens with zero attached hydrogens (tertiary/aromatic N) is 1. The molecular weight excluding hydrogens is 190 g/mol. The molecule has 0 aromatic heterocycles. The molecule has 0 saturated heterocycles. The highest BCUT2D eigenvalue weighted by atomic mass is 16.5. The van der Waals surface area contributed by atoms with Gasteiger partial charge in [0.2, 0.25) is 0 Å². The van der Waals surface area contributed by atoms with E-state index in [9.17, 15) is 0 Å². The zero-order valence-corrected chi connectivity index (χ0v) is 10.0. The van der Waals surface area contributed by atoms with Gasteiger partial charge in [-0.05, 0) is 40.0 Å². The van der Waals surface area contributed by atoms with Crippen LogP contribution in [0.2, 0.25) is 0 Å².